The van der Waals surface area contributed by atoms with E-state index in [2.05, 4.69) is 95.0 Å². The van der Waals surface area contributed by atoms with Gasteiger partial charge in [-0.3, -0.25) is 0 Å². The molecule has 1 heterocycles. The Bertz CT molecular complexity index is 1000. The van der Waals surface area contributed by atoms with Crippen LogP contribution in [0, 0.1) is 6.92 Å². The molecule has 0 radical (unpaired) electrons. The minimum absolute atomic E-state index is 0.776. The lowest BCUT2D eigenvalue weighted by Crippen LogP contribution is -1.97. The third-order valence-corrected chi connectivity index (χ3v) is 5.24. The van der Waals surface area contributed by atoms with Crippen molar-refractivity contribution in [3.8, 4) is 11.4 Å². The molecule has 0 N–H and O–H groups in total. The Hall–Kier alpha value is -2.26. The predicted octanol–water partition coefficient (Wildman–Crippen LogP) is 7.03. The maximum atomic E-state index is 5.81. The summed E-state index contributed by atoms with van der Waals surface area (Å²) in [4.78, 5) is 0. The van der Waals surface area contributed by atoms with Gasteiger partial charge in [-0.1, -0.05) is 40.9 Å². The lowest BCUT2D eigenvalue weighted by molar-refractivity contribution is 0.309. The van der Waals surface area contributed by atoms with E-state index in [1.165, 1.54) is 27.4 Å². The fraction of sp³-hybridized carbons (Fsp3) is 0.217. The number of nitrogens with zero attached hydrogens (tertiary/aromatic N) is 1. The van der Waals surface area contributed by atoms with Crippen LogP contribution in [0.1, 0.15) is 25.3 Å². The summed E-state index contributed by atoms with van der Waals surface area (Å²) in [6.45, 7) is 5.09. The van der Waals surface area contributed by atoms with Crippen molar-refractivity contribution in [3.63, 3.8) is 0 Å². The molecule has 3 aromatic carbocycles. The molecule has 0 saturated heterocycles. The summed E-state index contributed by atoms with van der Waals surface area (Å²) in [5, 5.41) is 2.55. The maximum Gasteiger partial charge on any atom is 0.119 e. The smallest absolute Gasteiger partial charge is 0.119 e. The molecule has 3 heteroatoms. The van der Waals surface area contributed by atoms with Crippen molar-refractivity contribution in [2.75, 3.05) is 6.61 Å². The average Bonchev–Trinajstić information content (AvgIpc) is 2.95. The van der Waals surface area contributed by atoms with E-state index < -0.39 is 0 Å². The Morgan fingerprint density at radius 2 is 1.58 bits per heavy atom. The van der Waals surface area contributed by atoms with Crippen molar-refractivity contribution in [3.05, 3.63) is 70.7 Å². The molecule has 0 aliphatic heterocycles. The second-order valence-corrected chi connectivity index (χ2v) is 7.63. The highest BCUT2D eigenvalue weighted by Crippen LogP contribution is 2.34. The van der Waals surface area contributed by atoms with E-state index in [9.17, 15) is 0 Å². The third kappa shape index (κ3) is 3.12. The third-order valence-electron chi connectivity index (χ3n) is 4.74. The summed E-state index contributed by atoms with van der Waals surface area (Å²) in [7, 11) is 0. The van der Waals surface area contributed by atoms with Gasteiger partial charge in [-0.05, 0) is 67.9 Å². The molecule has 26 heavy (non-hydrogen) atoms. The standard InChI is InChI=1S/C23H22BrNO/c1-3-4-13-26-19-9-7-18(8-10-19)25-22-11-5-16(2)14-20(22)21-15-17(24)6-12-23(21)25/h5-12,14-15H,3-4,13H2,1-2H3. The van der Waals surface area contributed by atoms with Gasteiger partial charge >= 0.3 is 0 Å². The number of fused-ring (bicyclic) bond motifs is 3. The average molecular weight is 408 g/mol. The Morgan fingerprint density at radius 1 is 0.885 bits per heavy atom. The van der Waals surface area contributed by atoms with Crippen LogP contribution in [0.15, 0.2) is 65.1 Å². The van der Waals surface area contributed by atoms with E-state index >= 15 is 0 Å². The summed E-state index contributed by atoms with van der Waals surface area (Å²) in [6, 6.07) is 21.6. The van der Waals surface area contributed by atoms with Crippen molar-refractivity contribution in [2.45, 2.75) is 26.7 Å². The van der Waals surface area contributed by atoms with Crippen molar-refractivity contribution in [2.24, 2.45) is 0 Å². The van der Waals surface area contributed by atoms with Gasteiger partial charge in [0.1, 0.15) is 5.75 Å². The van der Waals surface area contributed by atoms with Gasteiger partial charge in [0.15, 0.2) is 0 Å². The topological polar surface area (TPSA) is 14.2 Å². The largest absolute Gasteiger partial charge is 0.494 e. The molecule has 0 bridgehead atoms. The Kier molecular flexibility index (Phi) is 4.73. The summed E-state index contributed by atoms with van der Waals surface area (Å²) in [5.74, 6) is 0.932. The zero-order chi connectivity index (χ0) is 18.1. The van der Waals surface area contributed by atoms with Crippen LogP contribution in [0.25, 0.3) is 27.5 Å². The van der Waals surface area contributed by atoms with Gasteiger partial charge in [0.25, 0.3) is 0 Å². The van der Waals surface area contributed by atoms with E-state index in [-0.39, 0.29) is 0 Å². The highest BCUT2D eigenvalue weighted by Gasteiger charge is 2.12. The highest BCUT2D eigenvalue weighted by molar-refractivity contribution is 9.10. The lowest BCUT2D eigenvalue weighted by atomic mass is 10.1. The fourth-order valence-corrected chi connectivity index (χ4v) is 3.77. The normalized spacial score (nSPS) is 11.3. The van der Waals surface area contributed by atoms with Crippen molar-refractivity contribution >= 4 is 37.7 Å². The lowest BCUT2D eigenvalue weighted by Gasteiger charge is -2.10. The SMILES string of the molecule is CCCCOc1ccc(-n2c3ccc(C)cc3c3cc(Br)ccc32)cc1. The van der Waals surface area contributed by atoms with E-state index in [0.29, 0.717) is 0 Å². The minimum atomic E-state index is 0.776. The molecule has 0 atom stereocenters. The Balaban J connectivity index is 1.85. The maximum absolute atomic E-state index is 5.81. The molecule has 0 aliphatic carbocycles. The van der Waals surface area contributed by atoms with Gasteiger partial charge in [0, 0.05) is 20.9 Å². The number of halogens is 1. The number of hydrogen-bond donors (Lipinski definition) is 0. The van der Waals surface area contributed by atoms with Crippen LogP contribution in [0.5, 0.6) is 5.75 Å². The number of aryl methyl sites for hydroxylation is 1. The molecule has 0 fully saturated rings. The fourth-order valence-electron chi connectivity index (χ4n) is 3.41. The second kappa shape index (κ2) is 7.16. The van der Waals surface area contributed by atoms with E-state index in [4.69, 9.17) is 4.74 Å². The second-order valence-electron chi connectivity index (χ2n) is 6.71. The van der Waals surface area contributed by atoms with Gasteiger partial charge in [0.2, 0.25) is 0 Å². The number of unbranched alkanes of at least 4 members (excludes halogenated alkanes) is 1. The van der Waals surface area contributed by atoms with Crippen LogP contribution < -0.4 is 4.74 Å². The summed E-state index contributed by atoms with van der Waals surface area (Å²) in [5.41, 5.74) is 4.87. The summed E-state index contributed by atoms with van der Waals surface area (Å²) >= 11 is 3.62. The molecule has 0 amide bonds. The molecule has 0 unspecified atom stereocenters. The number of rotatable bonds is 5. The summed E-state index contributed by atoms with van der Waals surface area (Å²) in [6.07, 6.45) is 2.23. The molecule has 4 aromatic rings. The van der Waals surface area contributed by atoms with Crippen LogP contribution >= 0.6 is 15.9 Å². The van der Waals surface area contributed by atoms with Crippen LogP contribution in [-0.4, -0.2) is 11.2 Å². The molecule has 4 rings (SSSR count). The summed E-state index contributed by atoms with van der Waals surface area (Å²) < 4.78 is 9.24. The van der Waals surface area contributed by atoms with Gasteiger partial charge in [0.05, 0.1) is 17.6 Å². The molecular formula is C23H22BrNO. The molecule has 132 valence electrons. The molecule has 0 saturated carbocycles. The van der Waals surface area contributed by atoms with Gasteiger partial charge in [-0.15, -0.1) is 0 Å². The number of ether oxygens (including phenoxy) is 1. The Labute approximate surface area is 162 Å². The van der Waals surface area contributed by atoms with Gasteiger partial charge in [-0.2, -0.15) is 0 Å². The molecule has 1 aromatic heterocycles. The highest BCUT2D eigenvalue weighted by atomic mass is 79.9. The predicted molar refractivity (Wildman–Crippen MR) is 114 cm³/mol. The van der Waals surface area contributed by atoms with Crippen molar-refractivity contribution < 1.29 is 4.74 Å². The molecule has 0 aliphatic rings. The molecule has 0 spiro atoms. The van der Waals surface area contributed by atoms with Gasteiger partial charge in [-0.25, -0.2) is 0 Å². The van der Waals surface area contributed by atoms with Crippen LogP contribution in [0.2, 0.25) is 0 Å². The quantitative estimate of drug-likeness (QED) is 0.323. The first-order valence-corrected chi connectivity index (χ1v) is 9.90. The van der Waals surface area contributed by atoms with Crippen LogP contribution in [-0.2, 0) is 0 Å². The van der Waals surface area contributed by atoms with E-state index in [1.54, 1.807) is 0 Å². The monoisotopic (exact) mass is 407 g/mol. The van der Waals surface area contributed by atoms with Crippen molar-refractivity contribution in [1.82, 2.24) is 4.57 Å². The van der Waals surface area contributed by atoms with Crippen molar-refractivity contribution in [1.29, 1.82) is 0 Å². The van der Waals surface area contributed by atoms with Crippen LogP contribution in [0.4, 0.5) is 0 Å². The zero-order valence-corrected chi connectivity index (χ0v) is 16.7. The van der Waals surface area contributed by atoms with Gasteiger partial charge < -0.3 is 9.30 Å². The van der Waals surface area contributed by atoms with Crippen LogP contribution in [0.3, 0.4) is 0 Å². The van der Waals surface area contributed by atoms with E-state index in [0.717, 1.165) is 35.4 Å². The molecular weight excluding hydrogens is 386 g/mol. The Morgan fingerprint density at radius 3 is 2.31 bits per heavy atom. The molecule has 2 nitrogen and oxygen atoms in total. The minimum Gasteiger partial charge on any atom is -0.494 e. The first-order valence-electron chi connectivity index (χ1n) is 9.11. The number of aromatic nitrogens is 1. The van der Waals surface area contributed by atoms with E-state index in [1.807, 2.05) is 0 Å². The first-order chi connectivity index (χ1) is 12.7. The number of benzene rings is 3. The number of hydrogen-bond acceptors (Lipinski definition) is 1. The first kappa shape index (κ1) is 17.2. The zero-order valence-electron chi connectivity index (χ0n) is 15.1.